The van der Waals surface area contributed by atoms with Gasteiger partial charge in [0.05, 0.1) is 33.0 Å². The van der Waals surface area contributed by atoms with Gasteiger partial charge in [0.25, 0.3) is 11.8 Å². The van der Waals surface area contributed by atoms with Crippen LogP contribution in [0.2, 0.25) is 0 Å². The fraction of sp³-hybridized carbons (Fsp3) is 0.357. The number of rotatable bonds is 3. The van der Waals surface area contributed by atoms with Crippen molar-refractivity contribution in [1.82, 2.24) is 20.7 Å². The Morgan fingerprint density at radius 1 is 1.00 bits per heavy atom. The fourth-order valence-electron chi connectivity index (χ4n) is 4.72. The summed E-state index contributed by atoms with van der Waals surface area (Å²) < 4.78 is 28.0. The van der Waals surface area contributed by atoms with Crippen molar-refractivity contribution in [2.75, 3.05) is 33.9 Å². The molecule has 2 atom stereocenters. The van der Waals surface area contributed by atoms with Crippen LogP contribution >= 0.6 is 0 Å². The number of nitrogens with zero attached hydrogens (tertiary/aromatic N) is 2. The smallest absolute Gasteiger partial charge is 0.292 e. The Balaban J connectivity index is 1.42. The van der Waals surface area contributed by atoms with Gasteiger partial charge in [0.1, 0.15) is 17.6 Å². The van der Waals surface area contributed by atoms with Crippen LogP contribution in [0.3, 0.4) is 0 Å². The number of hydrogen-bond donors (Lipinski definition) is 2. The van der Waals surface area contributed by atoms with E-state index in [-0.39, 0.29) is 50.2 Å². The van der Waals surface area contributed by atoms with E-state index in [0.29, 0.717) is 29.4 Å². The number of methoxy groups -OCH3 is 2. The van der Waals surface area contributed by atoms with Crippen LogP contribution in [0, 0.1) is 0 Å². The van der Waals surface area contributed by atoms with E-state index in [1.807, 2.05) is 12.1 Å². The maximum atomic E-state index is 13.0. The minimum absolute atomic E-state index is 0.0926. The van der Waals surface area contributed by atoms with Crippen LogP contribution in [-0.4, -0.2) is 73.8 Å². The highest BCUT2D eigenvalue weighted by atomic mass is 16.5. The third-order valence-corrected chi connectivity index (χ3v) is 6.80. The molecule has 2 N–H and O–H groups in total. The molecule has 0 saturated carbocycles. The number of carbonyl (C=O) groups excluding carboxylic acids is 3. The summed E-state index contributed by atoms with van der Waals surface area (Å²) in [5.41, 5.74) is 1.67. The molecule has 1 aromatic heterocycles. The maximum absolute atomic E-state index is 13.0. The van der Waals surface area contributed by atoms with Crippen LogP contribution in [0.4, 0.5) is 0 Å². The Kier molecular flexibility index (Phi) is 8.04. The van der Waals surface area contributed by atoms with E-state index in [9.17, 15) is 14.4 Å². The predicted molar refractivity (Wildman–Crippen MR) is 140 cm³/mol. The molecule has 5 aliphatic rings. The standard InChI is InChI=1S/C28H30N4O8/c1-36-23-12-19-6-5-18(23)13-29-26(33)8-4-17-3-7-21(24(11-17)37-2)38-16-27(34)31-20-14-32(15-25(20)39-19)28(35)22-9-10-30-40-22/h3,5-7,9-12,20,25H,4,8,13-16H2,1-2H3,(H,29,33)(H,31,34)/t20-,25-/m1/s1. The summed E-state index contributed by atoms with van der Waals surface area (Å²) in [4.78, 5) is 40.0. The second-order valence-corrected chi connectivity index (χ2v) is 9.44. The Morgan fingerprint density at radius 3 is 2.62 bits per heavy atom. The molecule has 3 aromatic rings. The van der Waals surface area contributed by atoms with Crippen LogP contribution in [0.5, 0.6) is 23.0 Å². The van der Waals surface area contributed by atoms with E-state index in [1.165, 1.54) is 31.4 Å². The quantitative estimate of drug-likeness (QED) is 0.499. The minimum atomic E-state index is -0.578. The lowest BCUT2D eigenvalue weighted by molar-refractivity contribution is -0.124. The summed E-state index contributed by atoms with van der Waals surface area (Å²) in [6.07, 6.45) is 1.60. The number of nitrogens with one attached hydrogen (secondary N) is 2. The number of amides is 3. The average Bonchev–Trinajstić information content (AvgIpc) is 3.64. The molecule has 3 amide bonds. The first kappa shape index (κ1) is 26.9. The van der Waals surface area contributed by atoms with Gasteiger partial charge in [-0.25, -0.2) is 0 Å². The molecule has 0 unspecified atom stereocenters. The van der Waals surface area contributed by atoms with Gasteiger partial charge in [-0.2, -0.15) is 0 Å². The number of aromatic nitrogens is 1. The first-order valence-corrected chi connectivity index (χ1v) is 12.8. The fourth-order valence-corrected chi connectivity index (χ4v) is 4.72. The number of carbonyl (C=O) groups is 3. The van der Waals surface area contributed by atoms with Gasteiger partial charge in [-0.15, -0.1) is 0 Å². The molecule has 6 heterocycles. The third kappa shape index (κ3) is 6.11. The highest BCUT2D eigenvalue weighted by molar-refractivity contribution is 5.91. The number of benzene rings is 2. The van der Waals surface area contributed by atoms with Crippen LogP contribution in [0.25, 0.3) is 0 Å². The van der Waals surface area contributed by atoms with Crippen molar-refractivity contribution in [3.05, 3.63) is 65.5 Å². The Hall–Kier alpha value is -4.74. The zero-order chi connectivity index (χ0) is 28.1. The molecular weight excluding hydrogens is 520 g/mol. The van der Waals surface area contributed by atoms with E-state index < -0.39 is 18.1 Å². The maximum Gasteiger partial charge on any atom is 0.292 e. The molecule has 0 radical (unpaired) electrons. The van der Waals surface area contributed by atoms with Crippen LogP contribution in [0.1, 0.15) is 28.1 Å². The molecule has 1 fully saturated rings. The van der Waals surface area contributed by atoms with Gasteiger partial charge in [0, 0.05) is 37.2 Å². The number of aryl methyl sites for hydroxylation is 1. The summed E-state index contributed by atoms with van der Waals surface area (Å²) in [6, 6.07) is 11.6. The number of hydrogen-bond acceptors (Lipinski definition) is 9. The van der Waals surface area contributed by atoms with Crippen molar-refractivity contribution >= 4 is 17.7 Å². The summed E-state index contributed by atoms with van der Waals surface area (Å²) in [5.74, 6) is 1.10. The largest absolute Gasteiger partial charge is 0.496 e. The highest BCUT2D eigenvalue weighted by Gasteiger charge is 2.39. The van der Waals surface area contributed by atoms with Crippen molar-refractivity contribution in [3.8, 4) is 23.0 Å². The van der Waals surface area contributed by atoms with Crippen molar-refractivity contribution in [1.29, 1.82) is 0 Å². The molecule has 0 aliphatic carbocycles. The van der Waals surface area contributed by atoms with E-state index in [1.54, 1.807) is 24.3 Å². The normalized spacial score (nSPS) is 19.6. The third-order valence-electron chi connectivity index (χ3n) is 6.80. The summed E-state index contributed by atoms with van der Waals surface area (Å²) >= 11 is 0. The molecule has 12 nitrogen and oxygen atoms in total. The van der Waals surface area contributed by atoms with Gasteiger partial charge in [0.15, 0.2) is 18.1 Å². The van der Waals surface area contributed by atoms with Gasteiger partial charge in [-0.3, -0.25) is 14.4 Å². The van der Waals surface area contributed by atoms with E-state index in [2.05, 4.69) is 15.8 Å². The van der Waals surface area contributed by atoms with Crippen molar-refractivity contribution in [3.63, 3.8) is 0 Å². The zero-order valence-corrected chi connectivity index (χ0v) is 22.2. The van der Waals surface area contributed by atoms with Gasteiger partial charge in [-0.1, -0.05) is 11.2 Å². The van der Waals surface area contributed by atoms with E-state index in [0.717, 1.165) is 11.1 Å². The van der Waals surface area contributed by atoms with Crippen LogP contribution < -0.4 is 29.6 Å². The molecule has 12 heteroatoms. The van der Waals surface area contributed by atoms with Crippen molar-refractivity contribution < 1.29 is 37.9 Å². The SMILES string of the molecule is COc1cc2ccc1CNC(=O)CCc1ccc(c(OC)c1)OCC(=O)N[C@@H]1CN(C(=O)c3ccno3)C[C@H]1O2. The van der Waals surface area contributed by atoms with Gasteiger partial charge in [0.2, 0.25) is 11.7 Å². The van der Waals surface area contributed by atoms with Crippen molar-refractivity contribution in [2.45, 2.75) is 31.5 Å². The monoisotopic (exact) mass is 550 g/mol. The molecule has 210 valence electrons. The lowest BCUT2D eigenvalue weighted by atomic mass is 10.1. The average molecular weight is 551 g/mol. The van der Waals surface area contributed by atoms with E-state index >= 15 is 0 Å². The molecule has 2 aromatic carbocycles. The molecule has 5 aliphatic heterocycles. The Morgan fingerprint density at radius 2 is 1.85 bits per heavy atom. The second-order valence-electron chi connectivity index (χ2n) is 9.44. The Bertz CT molecular complexity index is 1380. The van der Waals surface area contributed by atoms with Crippen molar-refractivity contribution in [2.24, 2.45) is 0 Å². The zero-order valence-electron chi connectivity index (χ0n) is 22.2. The lowest BCUT2D eigenvalue weighted by Crippen LogP contribution is -2.46. The lowest BCUT2D eigenvalue weighted by Gasteiger charge is -2.22. The van der Waals surface area contributed by atoms with Gasteiger partial charge >= 0.3 is 0 Å². The molecule has 4 bridgehead atoms. The first-order chi connectivity index (χ1) is 19.4. The minimum Gasteiger partial charge on any atom is -0.496 e. The van der Waals surface area contributed by atoms with Crippen LogP contribution in [0.15, 0.2) is 53.2 Å². The molecule has 0 spiro atoms. The second kappa shape index (κ2) is 12.0. The molecular formula is C28H30N4O8. The highest BCUT2D eigenvalue weighted by Crippen LogP contribution is 2.30. The topological polar surface area (TPSA) is 141 Å². The van der Waals surface area contributed by atoms with Crippen LogP contribution in [-0.2, 0) is 22.6 Å². The summed E-state index contributed by atoms with van der Waals surface area (Å²) in [7, 11) is 3.05. The summed E-state index contributed by atoms with van der Waals surface area (Å²) in [6.45, 7) is 0.385. The molecule has 1 saturated heterocycles. The van der Waals surface area contributed by atoms with Gasteiger partial charge in [-0.05, 0) is 36.2 Å². The summed E-state index contributed by atoms with van der Waals surface area (Å²) in [5, 5.41) is 9.47. The number of ether oxygens (including phenoxy) is 4. The predicted octanol–water partition coefficient (Wildman–Crippen LogP) is 1.72. The Labute approximate surface area is 230 Å². The van der Waals surface area contributed by atoms with Gasteiger partial charge < -0.3 is 39.0 Å². The van der Waals surface area contributed by atoms with E-state index in [4.69, 9.17) is 23.5 Å². The molecule has 40 heavy (non-hydrogen) atoms. The first-order valence-electron chi connectivity index (χ1n) is 12.8. The number of likely N-dealkylation sites (tertiary alicyclic amines) is 1. The molecule has 8 rings (SSSR count).